The van der Waals surface area contributed by atoms with Crippen molar-refractivity contribution in [2.75, 3.05) is 7.11 Å². The van der Waals surface area contributed by atoms with Crippen molar-refractivity contribution in [3.05, 3.63) is 53.3 Å². The minimum atomic E-state index is -1.24. The zero-order valence-electron chi connectivity index (χ0n) is 11.0. The second-order valence-corrected chi connectivity index (χ2v) is 4.26. The lowest BCUT2D eigenvalue weighted by atomic mass is 10.0. The summed E-state index contributed by atoms with van der Waals surface area (Å²) >= 11 is 0. The summed E-state index contributed by atoms with van der Waals surface area (Å²) in [6, 6.07) is 7.52. The Kier molecular flexibility index (Phi) is 3.89. The van der Waals surface area contributed by atoms with E-state index in [0.29, 0.717) is 5.56 Å². The average molecular weight is 290 g/mol. The van der Waals surface area contributed by atoms with Crippen molar-refractivity contribution in [3.8, 4) is 16.9 Å². The molecule has 5 nitrogen and oxygen atoms in total. The second kappa shape index (κ2) is 5.62. The van der Waals surface area contributed by atoms with Gasteiger partial charge >= 0.3 is 11.9 Å². The van der Waals surface area contributed by atoms with E-state index in [4.69, 9.17) is 14.9 Å². The first-order chi connectivity index (χ1) is 9.92. The van der Waals surface area contributed by atoms with Crippen molar-refractivity contribution >= 4 is 11.9 Å². The third kappa shape index (κ3) is 3.00. The normalized spacial score (nSPS) is 10.2. The lowest BCUT2D eigenvalue weighted by molar-refractivity contribution is 0.0686. The van der Waals surface area contributed by atoms with E-state index in [1.54, 1.807) is 0 Å². The van der Waals surface area contributed by atoms with Crippen LogP contribution in [0, 0.1) is 5.82 Å². The number of benzene rings is 2. The number of aromatic carboxylic acids is 2. The zero-order valence-corrected chi connectivity index (χ0v) is 11.0. The van der Waals surface area contributed by atoms with Crippen LogP contribution in [0.25, 0.3) is 11.1 Å². The Morgan fingerprint density at radius 2 is 1.67 bits per heavy atom. The van der Waals surface area contributed by atoms with Crippen molar-refractivity contribution in [2.45, 2.75) is 0 Å². The van der Waals surface area contributed by atoms with Crippen molar-refractivity contribution < 1.29 is 28.9 Å². The van der Waals surface area contributed by atoms with Crippen molar-refractivity contribution in [3.63, 3.8) is 0 Å². The van der Waals surface area contributed by atoms with E-state index >= 15 is 0 Å². The molecule has 0 spiro atoms. The van der Waals surface area contributed by atoms with Gasteiger partial charge in [-0.3, -0.25) is 0 Å². The summed E-state index contributed by atoms with van der Waals surface area (Å²) in [7, 11) is 1.37. The number of hydrogen-bond acceptors (Lipinski definition) is 3. The molecule has 0 aliphatic rings. The summed E-state index contributed by atoms with van der Waals surface area (Å²) in [5.41, 5.74) is 0.159. The van der Waals surface area contributed by atoms with E-state index < -0.39 is 17.8 Å². The molecule has 0 atom stereocenters. The van der Waals surface area contributed by atoms with Gasteiger partial charge in [-0.05, 0) is 35.9 Å². The maximum absolute atomic E-state index is 14.0. The van der Waals surface area contributed by atoms with Crippen LogP contribution in [0.3, 0.4) is 0 Å². The summed E-state index contributed by atoms with van der Waals surface area (Å²) in [5.74, 6) is -2.89. The van der Waals surface area contributed by atoms with Crippen molar-refractivity contribution in [2.24, 2.45) is 0 Å². The van der Waals surface area contributed by atoms with Gasteiger partial charge in [-0.1, -0.05) is 6.07 Å². The van der Waals surface area contributed by atoms with E-state index in [-0.39, 0.29) is 22.4 Å². The van der Waals surface area contributed by atoms with E-state index in [9.17, 15) is 14.0 Å². The quantitative estimate of drug-likeness (QED) is 0.904. The lowest BCUT2D eigenvalue weighted by Gasteiger charge is -2.08. The highest BCUT2D eigenvalue weighted by Crippen LogP contribution is 2.28. The predicted molar refractivity (Wildman–Crippen MR) is 72.3 cm³/mol. The molecule has 2 aromatic carbocycles. The zero-order chi connectivity index (χ0) is 15.6. The first kappa shape index (κ1) is 14.5. The van der Waals surface area contributed by atoms with Crippen LogP contribution in [0.4, 0.5) is 4.39 Å². The van der Waals surface area contributed by atoms with Gasteiger partial charge in [0, 0.05) is 5.56 Å². The molecule has 0 aromatic heterocycles. The van der Waals surface area contributed by atoms with Gasteiger partial charge in [-0.2, -0.15) is 0 Å². The molecule has 0 saturated heterocycles. The Morgan fingerprint density at radius 1 is 1.00 bits per heavy atom. The molecule has 6 heteroatoms. The summed E-state index contributed by atoms with van der Waals surface area (Å²) in [6.07, 6.45) is 0. The molecule has 2 aromatic rings. The molecule has 2 rings (SSSR count). The predicted octanol–water partition coefficient (Wildman–Crippen LogP) is 2.90. The SMILES string of the molecule is COc1cc(C(=O)O)cc(-c2ccc(C(=O)O)cc2F)c1. The monoisotopic (exact) mass is 290 g/mol. The standard InChI is InChI=1S/C15H11FO5/c1-21-11-5-9(4-10(6-11)15(19)20)12-3-2-8(14(17)18)7-13(12)16/h2-7H,1H3,(H,17,18)(H,19,20). The Morgan fingerprint density at radius 3 is 2.19 bits per heavy atom. The number of hydrogen-bond donors (Lipinski definition) is 2. The molecule has 0 radical (unpaired) electrons. The molecule has 0 fully saturated rings. The molecule has 0 heterocycles. The van der Waals surface area contributed by atoms with Crippen LogP contribution >= 0.6 is 0 Å². The Hall–Kier alpha value is -2.89. The van der Waals surface area contributed by atoms with Crippen LogP contribution in [0.2, 0.25) is 0 Å². The molecular weight excluding hydrogens is 279 g/mol. The molecule has 0 unspecified atom stereocenters. The van der Waals surface area contributed by atoms with E-state index in [0.717, 1.165) is 6.07 Å². The van der Waals surface area contributed by atoms with Gasteiger partial charge in [0.15, 0.2) is 0 Å². The fourth-order valence-corrected chi connectivity index (χ4v) is 1.88. The van der Waals surface area contributed by atoms with E-state index in [1.807, 2.05) is 0 Å². The highest BCUT2D eigenvalue weighted by molar-refractivity contribution is 5.91. The van der Waals surface area contributed by atoms with Gasteiger partial charge in [-0.15, -0.1) is 0 Å². The first-order valence-corrected chi connectivity index (χ1v) is 5.88. The molecule has 108 valence electrons. The highest BCUT2D eigenvalue weighted by Gasteiger charge is 2.13. The van der Waals surface area contributed by atoms with Gasteiger partial charge in [0.05, 0.1) is 18.2 Å². The fraction of sp³-hybridized carbons (Fsp3) is 0.0667. The number of carboxylic acids is 2. The van der Waals surface area contributed by atoms with Crippen LogP contribution in [0.1, 0.15) is 20.7 Å². The Labute approximate surface area is 119 Å². The van der Waals surface area contributed by atoms with E-state index in [2.05, 4.69) is 0 Å². The third-order valence-electron chi connectivity index (χ3n) is 2.92. The van der Waals surface area contributed by atoms with Gasteiger partial charge in [0.25, 0.3) is 0 Å². The lowest BCUT2D eigenvalue weighted by Crippen LogP contribution is -2.00. The molecule has 0 bridgehead atoms. The fourth-order valence-electron chi connectivity index (χ4n) is 1.88. The van der Waals surface area contributed by atoms with E-state index in [1.165, 1.54) is 37.4 Å². The minimum absolute atomic E-state index is 0.0499. The smallest absolute Gasteiger partial charge is 0.335 e. The number of carboxylic acid groups (broad SMARTS) is 2. The minimum Gasteiger partial charge on any atom is -0.497 e. The topological polar surface area (TPSA) is 83.8 Å². The van der Waals surface area contributed by atoms with Gasteiger partial charge in [0.1, 0.15) is 11.6 Å². The summed E-state index contributed by atoms with van der Waals surface area (Å²) < 4.78 is 19.0. The van der Waals surface area contributed by atoms with Crippen LogP contribution in [-0.4, -0.2) is 29.3 Å². The van der Waals surface area contributed by atoms with Crippen LogP contribution < -0.4 is 4.74 Å². The second-order valence-electron chi connectivity index (χ2n) is 4.26. The maximum Gasteiger partial charge on any atom is 0.335 e. The third-order valence-corrected chi connectivity index (χ3v) is 2.92. The van der Waals surface area contributed by atoms with Gasteiger partial charge in [0.2, 0.25) is 0 Å². The first-order valence-electron chi connectivity index (χ1n) is 5.88. The number of ether oxygens (including phenoxy) is 1. The molecular formula is C15H11FO5. The largest absolute Gasteiger partial charge is 0.497 e. The molecule has 0 saturated carbocycles. The van der Waals surface area contributed by atoms with Gasteiger partial charge in [-0.25, -0.2) is 14.0 Å². The molecule has 0 aliphatic heterocycles. The van der Waals surface area contributed by atoms with Crippen molar-refractivity contribution in [1.82, 2.24) is 0 Å². The van der Waals surface area contributed by atoms with Crippen molar-refractivity contribution in [1.29, 1.82) is 0 Å². The summed E-state index contributed by atoms with van der Waals surface area (Å²) in [4.78, 5) is 21.8. The number of halogens is 1. The molecule has 2 N–H and O–H groups in total. The number of methoxy groups -OCH3 is 1. The Balaban J connectivity index is 2.58. The molecule has 0 amide bonds. The number of rotatable bonds is 4. The maximum atomic E-state index is 14.0. The highest BCUT2D eigenvalue weighted by atomic mass is 19.1. The van der Waals surface area contributed by atoms with Gasteiger partial charge < -0.3 is 14.9 Å². The van der Waals surface area contributed by atoms with Crippen LogP contribution in [0.5, 0.6) is 5.75 Å². The molecule has 0 aliphatic carbocycles. The summed E-state index contributed by atoms with van der Waals surface area (Å²) in [5, 5.41) is 17.8. The number of carbonyl (C=O) groups is 2. The Bertz CT molecular complexity index is 724. The average Bonchev–Trinajstić information content (AvgIpc) is 2.46. The van der Waals surface area contributed by atoms with Crippen LogP contribution in [-0.2, 0) is 0 Å². The van der Waals surface area contributed by atoms with Crippen LogP contribution in [0.15, 0.2) is 36.4 Å². The molecule has 21 heavy (non-hydrogen) atoms. The summed E-state index contributed by atoms with van der Waals surface area (Å²) in [6.45, 7) is 0.